The molecule has 0 spiro atoms. The minimum atomic E-state index is -0.554. The molecule has 0 bridgehead atoms. The highest BCUT2D eigenvalue weighted by Gasteiger charge is 2.17. The van der Waals surface area contributed by atoms with Crippen LogP contribution in [0.15, 0.2) is 54.7 Å². The molecule has 1 heterocycles. The number of carbonyl (C=O) groups is 3. The Morgan fingerprint density at radius 1 is 1.00 bits per heavy atom. The van der Waals surface area contributed by atoms with Crippen LogP contribution in [0.1, 0.15) is 34.6 Å². The minimum absolute atomic E-state index is 0.0538. The molecule has 0 aliphatic heterocycles. The molecule has 156 valence electrons. The van der Waals surface area contributed by atoms with Gasteiger partial charge in [0.1, 0.15) is 0 Å². The molecule has 30 heavy (non-hydrogen) atoms. The van der Waals surface area contributed by atoms with Gasteiger partial charge in [-0.2, -0.15) is 0 Å². The molecule has 0 fully saturated rings. The Balaban J connectivity index is 1.58. The second kappa shape index (κ2) is 9.26. The predicted octanol–water partition coefficient (Wildman–Crippen LogP) is 3.46. The number of hydrogen-bond donors (Lipinski definition) is 1. The number of rotatable bonds is 7. The van der Waals surface area contributed by atoms with E-state index < -0.39 is 18.5 Å². The quantitative estimate of drug-likeness (QED) is 0.608. The van der Waals surface area contributed by atoms with Crippen molar-refractivity contribution in [1.82, 2.24) is 9.47 Å². The summed E-state index contributed by atoms with van der Waals surface area (Å²) in [6.07, 6.45) is 1.69. The average molecular weight is 407 g/mol. The number of aryl methyl sites for hydroxylation is 1. The van der Waals surface area contributed by atoms with Crippen LogP contribution in [-0.4, -0.2) is 46.9 Å². The largest absolute Gasteiger partial charge is 0.452 e. The Kier molecular flexibility index (Phi) is 6.51. The first-order valence-electron chi connectivity index (χ1n) is 9.85. The number of para-hydroxylation sites is 1. The third-order valence-corrected chi connectivity index (χ3v) is 4.92. The first-order chi connectivity index (χ1) is 14.4. The number of nitrogens with one attached hydrogen (secondary N) is 1. The van der Waals surface area contributed by atoms with Crippen molar-refractivity contribution in [2.45, 2.75) is 13.8 Å². The summed E-state index contributed by atoms with van der Waals surface area (Å²) in [5.41, 5.74) is 2.41. The Bertz CT molecular complexity index is 1070. The summed E-state index contributed by atoms with van der Waals surface area (Å²) >= 11 is 0. The van der Waals surface area contributed by atoms with Gasteiger partial charge in [-0.05, 0) is 44.2 Å². The molecule has 3 rings (SSSR count). The van der Waals surface area contributed by atoms with E-state index in [1.807, 2.05) is 49.7 Å². The van der Waals surface area contributed by atoms with Crippen molar-refractivity contribution in [2.75, 3.05) is 25.0 Å². The van der Waals surface area contributed by atoms with Crippen LogP contribution in [-0.2, 0) is 16.6 Å². The molecular formula is C23H25N3O4. The maximum Gasteiger partial charge on any atom is 0.340 e. The van der Waals surface area contributed by atoms with E-state index >= 15 is 0 Å². The van der Waals surface area contributed by atoms with Crippen molar-refractivity contribution in [2.24, 2.45) is 7.05 Å². The van der Waals surface area contributed by atoms with Crippen LogP contribution in [0.4, 0.5) is 5.69 Å². The number of fused-ring (bicyclic) bond motifs is 1. The lowest BCUT2D eigenvalue weighted by Gasteiger charge is -2.18. The number of anilines is 1. The molecule has 0 saturated heterocycles. The molecule has 0 saturated carbocycles. The van der Waals surface area contributed by atoms with Gasteiger partial charge in [-0.15, -0.1) is 0 Å². The molecule has 1 aromatic heterocycles. The number of ether oxygens (including phenoxy) is 1. The molecule has 0 unspecified atom stereocenters. The Labute approximate surface area is 175 Å². The number of hydrogen-bond acceptors (Lipinski definition) is 4. The van der Waals surface area contributed by atoms with E-state index in [0.717, 1.165) is 10.9 Å². The third kappa shape index (κ3) is 4.51. The molecular weight excluding hydrogens is 382 g/mol. The monoisotopic (exact) mass is 407 g/mol. The molecule has 2 aromatic carbocycles. The van der Waals surface area contributed by atoms with Crippen molar-refractivity contribution < 1.29 is 19.1 Å². The van der Waals surface area contributed by atoms with E-state index in [0.29, 0.717) is 29.9 Å². The van der Waals surface area contributed by atoms with Gasteiger partial charge >= 0.3 is 5.97 Å². The van der Waals surface area contributed by atoms with Gasteiger partial charge in [-0.3, -0.25) is 9.59 Å². The number of esters is 1. The fourth-order valence-electron chi connectivity index (χ4n) is 3.30. The first-order valence-corrected chi connectivity index (χ1v) is 9.85. The molecule has 3 aromatic rings. The van der Waals surface area contributed by atoms with Crippen molar-refractivity contribution >= 4 is 34.4 Å². The zero-order valence-corrected chi connectivity index (χ0v) is 17.3. The highest BCUT2D eigenvalue weighted by atomic mass is 16.5. The zero-order chi connectivity index (χ0) is 21.7. The summed E-state index contributed by atoms with van der Waals surface area (Å²) in [6, 6.07) is 14.1. The van der Waals surface area contributed by atoms with Crippen LogP contribution in [0.5, 0.6) is 0 Å². The summed E-state index contributed by atoms with van der Waals surface area (Å²) in [5, 5.41) is 3.44. The van der Waals surface area contributed by atoms with Crippen molar-refractivity contribution in [3.63, 3.8) is 0 Å². The third-order valence-electron chi connectivity index (χ3n) is 4.92. The van der Waals surface area contributed by atoms with E-state index in [9.17, 15) is 14.4 Å². The lowest BCUT2D eigenvalue weighted by atomic mass is 10.1. The van der Waals surface area contributed by atoms with E-state index in [1.54, 1.807) is 35.4 Å². The molecule has 2 amide bonds. The normalized spacial score (nSPS) is 10.6. The second-order valence-electron chi connectivity index (χ2n) is 6.85. The van der Waals surface area contributed by atoms with Crippen LogP contribution in [0.3, 0.4) is 0 Å². The maximum absolute atomic E-state index is 12.4. The fraction of sp³-hybridized carbons (Fsp3) is 0.261. The van der Waals surface area contributed by atoms with Crippen LogP contribution in [0, 0.1) is 0 Å². The van der Waals surface area contributed by atoms with Gasteiger partial charge in [-0.1, -0.05) is 18.2 Å². The molecule has 1 N–H and O–H groups in total. The van der Waals surface area contributed by atoms with Crippen LogP contribution >= 0.6 is 0 Å². The maximum atomic E-state index is 12.4. The molecule has 0 radical (unpaired) electrons. The van der Waals surface area contributed by atoms with Gasteiger partial charge in [-0.25, -0.2) is 4.79 Å². The standard InChI is InChI=1S/C23H25N3O4/c1-4-26(5-2)22(28)16-10-12-17(13-11-16)24-21(27)15-30-23(29)19-14-25(3)20-9-7-6-8-18(19)20/h6-14H,4-5,15H2,1-3H3,(H,24,27). The summed E-state index contributed by atoms with van der Waals surface area (Å²) in [7, 11) is 1.85. The molecule has 0 atom stereocenters. The molecule has 7 nitrogen and oxygen atoms in total. The topological polar surface area (TPSA) is 80.6 Å². The number of nitrogens with zero attached hydrogens (tertiary/aromatic N) is 2. The van der Waals surface area contributed by atoms with Gasteiger partial charge in [0.05, 0.1) is 5.56 Å². The van der Waals surface area contributed by atoms with Crippen LogP contribution < -0.4 is 5.32 Å². The highest BCUT2D eigenvalue weighted by molar-refractivity contribution is 6.05. The predicted molar refractivity (Wildman–Crippen MR) is 116 cm³/mol. The second-order valence-corrected chi connectivity index (χ2v) is 6.85. The zero-order valence-electron chi connectivity index (χ0n) is 17.3. The van der Waals surface area contributed by atoms with Crippen molar-refractivity contribution in [1.29, 1.82) is 0 Å². The number of aromatic nitrogens is 1. The lowest BCUT2D eigenvalue weighted by Crippen LogP contribution is -2.30. The SMILES string of the molecule is CCN(CC)C(=O)c1ccc(NC(=O)COC(=O)c2cn(C)c3ccccc23)cc1. The van der Waals surface area contributed by atoms with Gasteiger partial charge in [0, 0.05) is 48.5 Å². The van der Waals surface area contributed by atoms with Crippen LogP contribution in [0.2, 0.25) is 0 Å². The van der Waals surface area contributed by atoms with E-state index in [2.05, 4.69) is 5.32 Å². The fourth-order valence-corrected chi connectivity index (χ4v) is 3.30. The summed E-state index contributed by atoms with van der Waals surface area (Å²) in [5.74, 6) is -1.06. The minimum Gasteiger partial charge on any atom is -0.452 e. The van der Waals surface area contributed by atoms with Gasteiger partial charge in [0.15, 0.2) is 6.61 Å². The summed E-state index contributed by atoms with van der Waals surface area (Å²) in [4.78, 5) is 38.6. The van der Waals surface area contributed by atoms with Gasteiger partial charge < -0.3 is 19.5 Å². The lowest BCUT2D eigenvalue weighted by molar-refractivity contribution is -0.119. The molecule has 0 aliphatic rings. The number of benzene rings is 2. The smallest absolute Gasteiger partial charge is 0.340 e. The Morgan fingerprint density at radius 2 is 1.67 bits per heavy atom. The van der Waals surface area contributed by atoms with Gasteiger partial charge in [0.25, 0.3) is 11.8 Å². The first kappa shape index (κ1) is 21.1. The van der Waals surface area contributed by atoms with Crippen LogP contribution in [0.25, 0.3) is 10.9 Å². The van der Waals surface area contributed by atoms with Crippen molar-refractivity contribution in [3.05, 3.63) is 65.9 Å². The Morgan fingerprint density at radius 3 is 2.33 bits per heavy atom. The summed E-state index contributed by atoms with van der Waals surface area (Å²) in [6.45, 7) is 4.72. The highest BCUT2D eigenvalue weighted by Crippen LogP contribution is 2.21. The Hall–Kier alpha value is -3.61. The van der Waals surface area contributed by atoms with Crippen molar-refractivity contribution in [3.8, 4) is 0 Å². The van der Waals surface area contributed by atoms with E-state index in [4.69, 9.17) is 4.74 Å². The van der Waals surface area contributed by atoms with E-state index in [-0.39, 0.29) is 5.91 Å². The molecule has 0 aliphatic carbocycles. The van der Waals surface area contributed by atoms with Gasteiger partial charge in [0.2, 0.25) is 0 Å². The number of carbonyl (C=O) groups excluding carboxylic acids is 3. The van der Waals surface area contributed by atoms with E-state index in [1.165, 1.54) is 0 Å². The molecule has 7 heteroatoms. The number of amides is 2. The summed E-state index contributed by atoms with van der Waals surface area (Å²) < 4.78 is 7.02. The average Bonchev–Trinajstić information content (AvgIpc) is 3.10.